The van der Waals surface area contributed by atoms with Crippen molar-refractivity contribution < 1.29 is 0 Å². The van der Waals surface area contributed by atoms with Gasteiger partial charge >= 0.3 is 0 Å². The lowest BCUT2D eigenvalue weighted by Gasteiger charge is -2.39. The van der Waals surface area contributed by atoms with E-state index in [9.17, 15) is 0 Å². The zero-order chi connectivity index (χ0) is 10.4. The topological polar surface area (TPSA) is 12.0 Å². The highest BCUT2D eigenvalue weighted by Gasteiger charge is 2.60. The van der Waals surface area contributed by atoms with Gasteiger partial charge in [-0.1, -0.05) is 26.8 Å². The first kappa shape index (κ1) is 10.2. The lowest BCUT2D eigenvalue weighted by molar-refractivity contribution is 0.123. The van der Waals surface area contributed by atoms with Crippen LogP contribution in [0.5, 0.6) is 0 Å². The van der Waals surface area contributed by atoms with Gasteiger partial charge in [0.15, 0.2) is 0 Å². The summed E-state index contributed by atoms with van der Waals surface area (Å²) in [6.45, 7) is 12.1. The first-order valence-corrected chi connectivity index (χ1v) is 5.86. The van der Waals surface area contributed by atoms with Gasteiger partial charge in [0.25, 0.3) is 0 Å². The molecule has 0 amide bonds. The summed E-state index contributed by atoms with van der Waals surface area (Å²) in [5, 5.41) is 3.64. The molecule has 0 aromatic rings. The number of hydrogen-bond acceptors (Lipinski definition) is 1. The Morgan fingerprint density at radius 1 is 1.43 bits per heavy atom. The molecule has 1 N–H and O–H groups in total. The summed E-state index contributed by atoms with van der Waals surface area (Å²) >= 11 is 0. The monoisotopic (exact) mass is 193 g/mol. The molecule has 0 heterocycles. The van der Waals surface area contributed by atoms with E-state index in [0.29, 0.717) is 16.9 Å². The molecule has 3 atom stereocenters. The first-order valence-electron chi connectivity index (χ1n) is 5.86. The van der Waals surface area contributed by atoms with E-state index in [4.69, 9.17) is 0 Å². The van der Waals surface area contributed by atoms with Crippen LogP contribution in [0.4, 0.5) is 0 Å². The van der Waals surface area contributed by atoms with Crippen molar-refractivity contribution in [3.8, 4) is 0 Å². The van der Waals surface area contributed by atoms with Gasteiger partial charge in [0, 0.05) is 12.6 Å². The average molecular weight is 193 g/mol. The van der Waals surface area contributed by atoms with Crippen LogP contribution >= 0.6 is 0 Å². The quantitative estimate of drug-likeness (QED) is 0.679. The maximum Gasteiger partial charge on any atom is 0.0135 e. The maximum absolute atomic E-state index is 3.78. The Bertz CT molecular complexity index is 244. The fourth-order valence-corrected chi connectivity index (χ4v) is 3.74. The Morgan fingerprint density at radius 2 is 2.14 bits per heavy atom. The van der Waals surface area contributed by atoms with Crippen LogP contribution in [0.25, 0.3) is 0 Å². The molecular formula is C13H23N. The second-order valence-corrected chi connectivity index (χ2v) is 5.86. The summed E-state index contributed by atoms with van der Waals surface area (Å²) in [7, 11) is 0. The summed E-state index contributed by atoms with van der Waals surface area (Å²) in [5.41, 5.74) is 1.05. The van der Waals surface area contributed by atoms with Crippen molar-refractivity contribution in [2.75, 3.05) is 6.54 Å². The van der Waals surface area contributed by atoms with Crippen LogP contribution in [-0.2, 0) is 0 Å². The van der Waals surface area contributed by atoms with Crippen LogP contribution in [0.15, 0.2) is 12.7 Å². The summed E-state index contributed by atoms with van der Waals surface area (Å²) in [6, 6.07) is 0.717. The van der Waals surface area contributed by atoms with Crippen molar-refractivity contribution in [3.63, 3.8) is 0 Å². The molecule has 80 valence electrons. The zero-order valence-electron chi connectivity index (χ0n) is 9.77. The second kappa shape index (κ2) is 3.10. The van der Waals surface area contributed by atoms with E-state index in [0.717, 1.165) is 12.5 Å². The Hall–Kier alpha value is -0.300. The molecule has 0 unspecified atom stereocenters. The molecule has 0 spiro atoms. The lowest BCUT2D eigenvalue weighted by Crippen LogP contribution is -2.44. The first-order chi connectivity index (χ1) is 6.52. The van der Waals surface area contributed by atoms with Gasteiger partial charge in [-0.15, -0.1) is 6.58 Å². The van der Waals surface area contributed by atoms with E-state index in [2.05, 4.69) is 32.7 Å². The molecule has 2 rings (SSSR count). The van der Waals surface area contributed by atoms with Crippen LogP contribution < -0.4 is 5.32 Å². The molecule has 0 aromatic heterocycles. The van der Waals surface area contributed by atoms with Gasteiger partial charge in [-0.25, -0.2) is 0 Å². The van der Waals surface area contributed by atoms with Gasteiger partial charge in [0.2, 0.25) is 0 Å². The van der Waals surface area contributed by atoms with Crippen molar-refractivity contribution in [2.24, 2.45) is 16.7 Å². The predicted octanol–water partition coefficient (Wildman–Crippen LogP) is 2.98. The van der Waals surface area contributed by atoms with Crippen LogP contribution in [-0.4, -0.2) is 12.6 Å². The van der Waals surface area contributed by atoms with Crippen LogP contribution in [0, 0.1) is 16.7 Å². The molecule has 0 radical (unpaired) electrons. The predicted molar refractivity (Wildman–Crippen MR) is 61.2 cm³/mol. The second-order valence-electron chi connectivity index (χ2n) is 5.86. The number of rotatable bonds is 3. The molecule has 2 bridgehead atoms. The number of hydrogen-bond donors (Lipinski definition) is 1. The SMILES string of the molecule is C=CCN[C@@H]1C[C@@H]2CC[C@]1(C)C2(C)C. The number of fused-ring (bicyclic) bond motifs is 2. The Kier molecular flexibility index (Phi) is 2.26. The van der Waals surface area contributed by atoms with Crippen molar-refractivity contribution >= 4 is 0 Å². The van der Waals surface area contributed by atoms with E-state index in [-0.39, 0.29) is 0 Å². The fourth-order valence-electron chi connectivity index (χ4n) is 3.74. The minimum Gasteiger partial charge on any atom is -0.310 e. The molecular weight excluding hydrogens is 170 g/mol. The van der Waals surface area contributed by atoms with Crippen molar-refractivity contribution in [1.29, 1.82) is 0 Å². The molecule has 2 saturated carbocycles. The number of nitrogens with one attached hydrogen (secondary N) is 1. The molecule has 14 heavy (non-hydrogen) atoms. The maximum atomic E-state index is 3.78. The van der Waals surface area contributed by atoms with Gasteiger partial charge in [0.05, 0.1) is 0 Å². The summed E-state index contributed by atoms with van der Waals surface area (Å²) in [5.74, 6) is 0.940. The van der Waals surface area contributed by atoms with Crippen LogP contribution in [0.2, 0.25) is 0 Å². The molecule has 1 heteroatoms. The molecule has 0 aliphatic heterocycles. The van der Waals surface area contributed by atoms with E-state index < -0.39 is 0 Å². The van der Waals surface area contributed by atoms with E-state index in [1.807, 2.05) is 6.08 Å². The molecule has 0 saturated heterocycles. The van der Waals surface area contributed by atoms with E-state index in [1.165, 1.54) is 19.3 Å². The highest BCUT2D eigenvalue weighted by molar-refractivity contribution is 5.13. The highest BCUT2D eigenvalue weighted by Crippen LogP contribution is 2.65. The third-order valence-electron chi connectivity index (χ3n) is 5.30. The molecule has 1 nitrogen and oxygen atoms in total. The fraction of sp³-hybridized carbons (Fsp3) is 0.846. The summed E-state index contributed by atoms with van der Waals surface area (Å²) in [6.07, 6.45) is 6.19. The Labute approximate surface area is 88.0 Å². The zero-order valence-corrected chi connectivity index (χ0v) is 9.77. The molecule has 2 aliphatic rings. The largest absolute Gasteiger partial charge is 0.310 e. The van der Waals surface area contributed by atoms with Crippen LogP contribution in [0.3, 0.4) is 0 Å². The van der Waals surface area contributed by atoms with Crippen molar-refractivity contribution in [1.82, 2.24) is 5.32 Å². The minimum absolute atomic E-state index is 0.515. The Balaban J connectivity index is 2.14. The lowest BCUT2D eigenvalue weighted by atomic mass is 9.69. The Morgan fingerprint density at radius 3 is 2.57 bits per heavy atom. The van der Waals surface area contributed by atoms with Gasteiger partial charge < -0.3 is 5.32 Å². The molecule has 2 fully saturated rings. The molecule has 2 aliphatic carbocycles. The summed E-state index contributed by atoms with van der Waals surface area (Å²) in [4.78, 5) is 0. The van der Waals surface area contributed by atoms with Gasteiger partial charge in [0.1, 0.15) is 0 Å². The smallest absolute Gasteiger partial charge is 0.0135 e. The molecule has 0 aromatic carbocycles. The highest BCUT2D eigenvalue weighted by atomic mass is 15.0. The van der Waals surface area contributed by atoms with Crippen molar-refractivity contribution in [3.05, 3.63) is 12.7 Å². The van der Waals surface area contributed by atoms with E-state index in [1.54, 1.807) is 0 Å². The van der Waals surface area contributed by atoms with E-state index >= 15 is 0 Å². The van der Waals surface area contributed by atoms with Gasteiger partial charge in [-0.3, -0.25) is 0 Å². The van der Waals surface area contributed by atoms with Crippen molar-refractivity contribution in [2.45, 2.75) is 46.1 Å². The normalized spacial score (nSPS) is 44.2. The standard InChI is InChI=1S/C13H23N/c1-5-8-14-11-9-10-6-7-13(11,4)12(10,2)3/h5,10-11,14H,1,6-9H2,2-4H3/t10-,11+,13-/m0/s1. The summed E-state index contributed by atoms with van der Waals surface area (Å²) < 4.78 is 0. The average Bonchev–Trinajstić information content (AvgIpc) is 2.46. The third-order valence-corrected chi connectivity index (χ3v) is 5.30. The van der Waals surface area contributed by atoms with Crippen LogP contribution in [0.1, 0.15) is 40.0 Å². The minimum atomic E-state index is 0.515. The van der Waals surface area contributed by atoms with Gasteiger partial charge in [-0.2, -0.15) is 0 Å². The third kappa shape index (κ3) is 1.11. The van der Waals surface area contributed by atoms with Gasteiger partial charge in [-0.05, 0) is 36.0 Å².